The summed E-state index contributed by atoms with van der Waals surface area (Å²) in [5, 5.41) is 12.5. The Balaban J connectivity index is 1.52. The molecule has 0 aliphatic heterocycles. The Morgan fingerprint density at radius 2 is 1.58 bits per heavy atom. The molecule has 1 heterocycles. The van der Waals surface area contributed by atoms with Crippen molar-refractivity contribution in [3.05, 3.63) is 88.6 Å². The van der Waals surface area contributed by atoms with Gasteiger partial charge in [0.05, 0.1) is 22.7 Å². The van der Waals surface area contributed by atoms with Gasteiger partial charge in [0.1, 0.15) is 6.54 Å². The number of carbonyl (C=O) groups excluding carboxylic acids is 2. The fourth-order valence-corrected chi connectivity index (χ4v) is 3.43. The van der Waals surface area contributed by atoms with Crippen molar-refractivity contribution in [2.45, 2.75) is 6.54 Å². The number of aromatic nitrogens is 1. The number of nitrogens with zero attached hydrogens (tertiary/aromatic N) is 2. The van der Waals surface area contributed by atoms with Gasteiger partial charge < -0.3 is 14.6 Å². The number of para-hydroxylation sites is 2. The van der Waals surface area contributed by atoms with E-state index in [1.54, 1.807) is 71.3 Å². The second kappa shape index (κ2) is 8.51. The summed E-state index contributed by atoms with van der Waals surface area (Å²) in [6.45, 7) is -0.621. The summed E-state index contributed by atoms with van der Waals surface area (Å²) in [4.78, 5) is 37.4. The molecule has 4 aromatic rings. The number of carbonyl (C=O) groups is 2. The number of hydrogen-bond donors (Lipinski definition) is 1. The van der Waals surface area contributed by atoms with Gasteiger partial charge >= 0.3 is 5.97 Å². The molecule has 0 atom stereocenters. The van der Waals surface area contributed by atoms with Crippen LogP contribution >= 0.6 is 0 Å². The maximum Gasteiger partial charge on any atom is 0.326 e. The van der Waals surface area contributed by atoms with Crippen molar-refractivity contribution in [3.8, 4) is 6.07 Å². The van der Waals surface area contributed by atoms with Crippen LogP contribution in [0.15, 0.2) is 77.6 Å². The van der Waals surface area contributed by atoms with Crippen molar-refractivity contribution in [3.63, 3.8) is 0 Å². The number of rotatable bonds is 5. The normalized spacial score (nSPS) is 10.5. The fraction of sp³-hybridized carbons (Fsp3) is 0.0833. The number of esters is 1. The van der Waals surface area contributed by atoms with Gasteiger partial charge in [0, 0.05) is 16.5 Å². The van der Waals surface area contributed by atoms with E-state index < -0.39 is 18.5 Å². The quantitative estimate of drug-likeness (QED) is 0.401. The summed E-state index contributed by atoms with van der Waals surface area (Å²) >= 11 is 0. The van der Waals surface area contributed by atoms with Crippen LogP contribution in [-0.2, 0) is 20.9 Å². The second-order valence-electron chi connectivity index (χ2n) is 6.85. The zero-order valence-electron chi connectivity index (χ0n) is 16.4. The van der Waals surface area contributed by atoms with Crippen LogP contribution in [0.2, 0.25) is 0 Å². The molecule has 0 unspecified atom stereocenters. The molecule has 152 valence electrons. The molecule has 0 radical (unpaired) electrons. The Morgan fingerprint density at radius 3 is 2.23 bits per heavy atom. The highest BCUT2D eigenvalue weighted by Gasteiger charge is 2.14. The average Bonchev–Trinajstić information content (AvgIpc) is 2.80. The third-order valence-electron chi connectivity index (χ3n) is 4.81. The Bertz CT molecular complexity index is 1360. The summed E-state index contributed by atoms with van der Waals surface area (Å²) in [6, 6.07) is 22.5. The highest BCUT2D eigenvalue weighted by molar-refractivity contribution is 5.95. The predicted octanol–water partition coefficient (Wildman–Crippen LogP) is 3.21. The first kappa shape index (κ1) is 19.9. The lowest BCUT2D eigenvalue weighted by molar-refractivity contribution is -0.147. The lowest BCUT2D eigenvalue weighted by Gasteiger charge is -2.14. The van der Waals surface area contributed by atoms with Crippen LogP contribution in [0.4, 0.5) is 5.69 Å². The minimum Gasteiger partial charge on any atom is -0.454 e. The first-order chi connectivity index (χ1) is 15.1. The van der Waals surface area contributed by atoms with Crippen LogP contribution < -0.4 is 10.7 Å². The van der Waals surface area contributed by atoms with E-state index in [-0.39, 0.29) is 12.0 Å². The first-order valence-corrected chi connectivity index (χ1v) is 9.53. The Kier molecular flexibility index (Phi) is 5.45. The number of anilines is 1. The molecule has 4 rings (SSSR count). The number of ether oxygens (including phenoxy) is 1. The van der Waals surface area contributed by atoms with Gasteiger partial charge in [0.2, 0.25) is 0 Å². The van der Waals surface area contributed by atoms with Crippen LogP contribution in [0.25, 0.3) is 21.8 Å². The molecule has 0 spiro atoms. The smallest absolute Gasteiger partial charge is 0.326 e. The monoisotopic (exact) mass is 411 g/mol. The Morgan fingerprint density at radius 1 is 0.935 bits per heavy atom. The number of nitrogens with one attached hydrogen (secondary N) is 1. The van der Waals surface area contributed by atoms with E-state index in [9.17, 15) is 14.4 Å². The largest absolute Gasteiger partial charge is 0.454 e. The lowest BCUT2D eigenvalue weighted by atomic mass is 10.1. The average molecular weight is 411 g/mol. The van der Waals surface area contributed by atoms with Gasteiger partial charge in [-0.15, -0.1) is 0 Å². The maximum absolute atomic E-state index is 12.8. The summed E-state index contributed by atoms with van der Waals surface area (Å²) in [5.74, 6) is -1.13. The molecular weight excluding hydrogens is 394 g/mol. The second-order valence-corrected chi connectivity index (χ2v) is 6.85. The minimum atomic E-state index is -0.611. The molecule has 0 fully saturated rings. The molecule has 31 heavy (non-hydrogen) atoms. The predicted molar refractivity (Wildman–Crippen MR) is 116 cm³/mol. The highest BCUT2D eigenvalue weighted by Crippen LogP contribution is 2.19. The van der Waals surface area contributed by atoms with Gasteiger partial charge in [-0.05, 0) is 42.5 Å². The standard InChI is InChI=1S/C24H17N3O4/c25-13-16-6-5-7-17(12-16)26-22(28)15-31-23(29)14-27-20-10-3-1-8-18(20)24(30)19-9-2-4-11-21(19)27/h1-12H,14-15H2,(H,26,28). The minimum absolute atomic E-state index is 0.102. The van der Waals surface area contributed by atoms with Crippen LogP contribution in [-0.4, -0.2) is 23.1 Å². The highest BCUT2D eigenvalue weighted by atomic mass is 16.5. The molecular formula is C24H17N3O4. The van der Waals surface area contributed by atoms with E-state index in [0.29, 0.717) is 33.1 Å². The van der Waals surface area contributed by atoms with Crippen molar-refractivity contribution in [1.29, 1.82) is 5.26 Å². The number of hydrogen-bond acceptors (Lipinski definition) is 5. The molecule has 0 aliphatic carbocycles. The molecule has 0 aliphatic rings. The van der Waals surface area contributed by atoms with E-state index >= 15 is 0 Å². The third kappa shape index (κ3) is 4.14. The SMILES string of the molecule is N#Cc1cccc(NC(=O)COC(=O)Cn2c3ccccc3c(=O)c3ccccc32)c1. The van der Waals surface area contributed by atoms with Crippen molar-refractivity contribution >= 4 is 39.4 Å². The van der Waals surface area contributed by atoms with E-state index in [4.69, 9.17) is 10.00 Å². The Labute approximate surface area is 177 Å². The maximum atomic E-state index is 12.8. The van der Waals surface area contributed by atoms with Gasteiger partial charge in [-0.1, -0.05) is 30.3 Å². The van der Waals surface area contributed by atoms with Crippen LogP contribution in [0.1, 0.15) is 5.56 Å². The van der Waals surface area contributed by atoms with Crippen LogP contribution in [0.5, 0.6) is 0 Å². The van der Waals surface area contributed by atoms with Gasteiger partial charge in [-0.25, -0.2) is 0 Å². The van der Waals surface area contributed by atoms with Crippen molar-refractivity contribution in [1.82, 2.24) is 4.57 Å². The number of benzene rings is 3. The lowest BCUT2D eigenvalue weighted by Crippen LogP contribution is -2.24. The van der Waals surface area contributed by atoms with Crippen molar-refractivity contribution in [2.24, 2.45) is 0 Å². The number of pyridine rings is 1. The summed E-state index contributed by atoms with van der Waals surface area (Å²) in [7, 11) is 0. The zero-order chi connectivity index (χ0) is 21.8. The van der Waals surface area contributed by atoms with Gasteiger partial charge in [0.15, 0.2) is 12.0 Å². The molecule has 0 bridgehead atoms. The van der Waals surface area contributed by atoms with Crippen molar-refractivity contribution < 1.29 is 14.3 Å². The van der Waals surface area contributed by atoms with Gasteiger partial charge in [0.25, 0.3) is 5.91 Å². The first-order valence-electron chi connectivity index (χ1n) is 9.53. The Hall–Kier alpha value is -4.44. The number of nitriles is 1. The molecule has 3 aromatic carbocycles. The van der Waals surface area contributed by atoms with E-state index in [1.807, 2.05) is 6.07 Å². The van der Waals surface area contributed by atoms with Crippen molar-refractivity contribution in [2.75, 3.05) is 11.9 Å². The molecule has 0 saturated carbocycles. The molecule has 7 heteroatoms. The van der Waals surface area contributed by atoms with Crippen LogP contribution in [0, 0.1) is 11.3 Å². The third-order valence-corrected chi connectivity index (χ3v) is 4.81. The molecule has 1 N–H and O–H groups in total. The molecule has 7 nitrogen and oxygen atoms in total. The van der Waals surface area contributed by atoms with Crippen LogP contribution in [0.3, 0.4) is 0 Å². The number of fused-ring (bicyclic) bond motifs is 2. The topological polar surface area (TPSA) is 101 Å². The van der Waals surface area contributed by atoms with Gasteiger partial charge in [-0.3, -0.25) is 14.4 Å². The zero-order valence-corrected chi connectivity index (χ0v) is 16.4. The van der Waals surface area contributed by atoms with E-state index in [1.165, 1.54) is 6.07 Å². The molecule has 0 saturated heterocycles. The summed E-state index contributed by atoms with van der Waals surface area (Å²) < 4.78 is 6.86. The molecule has 1 aromatic heterocycles. The van der Waals surface area contributed by atoms with E-state index in [0.717, 1.165) is 0 Å². The number of amides is 1. The van der Waals surface area contributed by atoms with E-state index in [2.05, 4.69) is 5.32 Å². The fourth-order valence-electron chi connectivity index (χ4n) is 3.43. The molecule has 1 amide bonds. The van der Waals surface area contributed by atoms with Gasteiger partial charge in [-0.2, -0.15) is 5.26 Å². The summed E-state index contributed by atoms with van der Waals surface area (Å²) in [6.07, 6.45) is 0. The summed E-state index contributed by atoms with van der Waals surface area (Å²) in [5.41, 5.74) is 1.97.